The maximum Gasteiger partial charge on any atom is 0.0462 e. The fraction of sp³-hybridized carbons (Fsp3) is 0.571. The molecule has 1 N–H and O–H groups in total. The number of nitrogens with one attached hydrogen (secondary N) is 1. The van der Waals surface area contributed by atoms with Crippen LogP contribution in [0.2, 0.25) is 0 Å². The number of unbranched alkanes of at least 4 members (excludes halogenated alkanes) is 1. The minimum atomic E-state index is 0.731. The Hall–Kier alpha value is -0.730. The van der Waals surface area contributed by atoms with E-state index in [2.05, 4.69) is 29.6 Å². The summed E-state index contributed by atoms with van der Waals surface area (Å²) in [7, 11) is 1.74. The first kappa shape index (κ1) is 14.3. The molecule has 1 aromatic carbocycles. The van der Waals surface area contributed by atoms with Crippen molar-refractivity contribution in [3.05, 3.63) is 29.8 Å². The average molecular weight is 256 g/mol. The van der Waals surface area contributed by atoms with Gasteiger partial charge in [0.15, 0.2) is 0 Å². The van der Waals surface area contributed by atoms with Crippen molar-refractivity contribution in [3.63, 3.8) is 0 Å². The highest BCUT2D eigenvalue weighted by molar-refractivity contribution is 6.17. The molecule has 0 aliphatic heterocycles. The molecule has 1 rings (SSSR count). The normalized spacial score (nSPS) is 10.5. The number of rotatable bonds is 9. The van der Waals surface area contributed by atoms with Crippen molar-refractivity contribution < 1.29 is 4.74 Å². The SMILES string of the molecule is COCCCCNc1cccc(CCCCl)c1. The first-order valence-corrected chi connectivity index (χ1v) is 6.78. The third-order valence-corrected chi connectivity index (χ3v) is 2.90. The van der Waals surface area contributed by atoms with Crippen LogP contribution < -0.4 is 5.32 Å². The molecule has 3 heteroatoms. The number of methoxy groups -OCH3 is 1. The zero-order valence-corrected chi connectivity index (χ0v) is 11.3. The highest BCUT2D eigenvalue weighted by Crippen LogP contribution is 2.12. The van der Waals surface area contributed by atoms with E-state index < -0.39 is 0 Å². The average Bonchev–Trinajstić information content (AvgIpc) is 2.37. The first-order chi connectivity index (χ1) is 8.36. The van der Waals surface area contributed by atoms with E-state index in [9.17, 15) is 0 Å². The molecular weight excluding hydrogens is 234 g/mol. The van der Waals surface area contributed by atoms with Crippen molar-refractivity contribution >= 4 is 17.3 Å². The molecule has 0 atom stereocenters. The van der Waals surface area contributed by atoms with Crippen molar-refractivity contribution in [1.29, 1.82) is 0 Å². The molecule has 0 aliphatic rings. The van der Waals surface area contributed by atoms with E-state index >= 15 is 0 Å². The fourth-order valence-corrected chi connectivity index (χ4v) is 1.85. The lowest BCUT2D eigenvalue weighted by molar-refractivity contribution is 0.194. The number of aryl methyl sites for hydroxylation is 1. The van der Waals surface area contributed by atoms with Gasteiger partial charge in [0.1, 0.15) is 0 Å². The Morgan fingerprint density at radius 2 is 2.12 bits per heavy atom. The number of ether oxygens (including phenoxy) is 1. The molecule has 0 aliphatic carbocycles. The van der Waals surface area contributed by atoms with Crippen LogP contribution in [0.25, 0.3) is 0 Å². The van der Waals surface area contributed by atoms with Crippen LogP contribution in [0, 0.1) is 0 Å². The van der Waals surface area contributed by atoms with Gasteiger partial charge in [-0.05, 0) is 43.4 Å². The molecule has 0 radical (unpaired) electrons. The Morgan fingerprint density at radius 1 is 1.24 bits per heavy atom. The summed E-state index contributed by atoms with van der Waals surface area (Å²) in [5, 5.41) is 3.43. The topological polar surface area (TPSA) is 21.3 Å². The van der Waals surface area contributed by atoms with Crippen molar-refractivity contribution in [2.24, 2.45) is 0 Å². The molecule has 17 heavy (non-hydrogen) atoms. The summed E-state index contributed by atoms with van der Waals surface area (Å²) in [6.45, 7) is 1.85. The summed E-state index contributed by atoms with van der Waals surface area (Å²) in [6, 6.07) is 8.58. The third-order valence-electron chi connectivity index (χ3n) is 2.63. The zero-order chi connectivity index (χ0) is 12.3. The monoisotopic (exact) mass is 255 g/mol. The minimum Gasteiger partial charge on any atom is -0.385 e. The predicted molar refractivity (Wildman–Crippen MR) is 75.1 cm³/mol. The standard InChI is InChI=1S/C14H22ClNO/c1-17-11-3-2-10-16-14-8-4-6-13(12-14)7-5-9-15/h4,6,8,12,16H,2-3,5,7,9-11H2,1H3. The van der Waals surface area contributed by atoms with Gasteiger partial charge in [0, 0.05) is 31.8 Å². The van der Waals surface area contributed by atoms with Crippen molar-refractivity contribution in [3.8, 4) is 0 Å². The van der Waals surface area contributed by atoms with E-state index in [0.717, 1.165) is 44.7 Å². The number of benzene rings is 1. The number of alkyl halides is 1. The lowest BCUT2D eigenvalue weighted by atomic mass is 10.1. The Balaban J connectivity index is 2.27. The van der Waals surface area contributed by atoms with Gasteiger partial charge in [0.25, 0.3) is 0 Å². The van der Waals surface area contributed by atoms with E-state index in [-0.39, 0.29) is 0 Å². The van der Waals surface area contributed by atoms with Crippen molar-refractivity contribution in [2.75, 3.05) is 31.5 Å². The molecule has 0 amide bonds. The predicted octanol–water partition coefficient (Wildman–Crippen LogP) is 3.70. The van der Waals surface area contributed by atoms with Crippen LogP contribution in [0.1, 0.15) is 24.8 Å². The Labute approximate surface area is 109 Å². The van der Waals surface area contributed by atoms with Gasteiger partial charge in [-0.3, -0.25) is 0 Å². The molecular formula is C14H22ClNO. The fourth-order valence-electron chi connectivity index (χ4n) is 1.71. The largest absolute Gasteiger partial charge is 0.385 e. The van der Waals surface area contributed by atoms with E-state index in [1.54, 1.807) is 7.11 Å². The van der Waals surface area contributed by atoms with E-state index in [1.807, 2.05) is 0 Å². The lowest BCUT2D eigenvalue weighted by Gasteiger charge is -2.08. The van der Waals surface area contributed by atoms with Gasteiger partial charge in [-0.2, -0.15) is 0 Å². The second-order valence-electron chi connectivity index (χ2n) is 4.12. The molecule has 1 aromatic rings. The molecule has 0 heterocycles. The van der Waals surface area contributed by atoms with Crippen molar-refractivity contribution in [1.82, 2.24) is 0 Å². The smallest absolute Gasteiger partial charge is 0.0462 e. The molecule has 0 fully saturated rings. The van der Waals surface area contributed by atoms with Crippen LogP contribution in [0.15, 0.2) is 24.3 Å². The number of anilines is 1. The summed E-state index contributed by atoms with van der Waals surface area (Å²) in [5.74, 6) is 0.731. The second-order valence-corrected chi connectivity index (χ2v) is 4.50. The van der Waals surface area contributed by atoms with Crippen molar-refractivity contribution in [2.45, 2.75) is 25.7 Å². The molecule has 0 bridgehead atoms. The molecule has 0 saturated heterocycles. The van der Waals surface area contributed by atoms with E-state index in [0.29, 0.717) is 0 Å². The molecule has 2 nitrogen and oxygen atoms in total. The van der Waals surface area contributed by atoms with Gasteiger partial charge < -0.3 is 10.1 Å². The summed E-state index contributed by atoms with van der Waals surface area (Å²) < 4.78 is 5.02. The third kappa shape index (κ3) is 6.54. The van der Waals surface area contributed by atoms with Gasteiger partial charge in [-0.1, -0.05) is 12.1 Å². The number of hydrogen-bond acceptors (Lipinski definition) is 2. The lowest BCUT2D eigenvalue weighted by Crippen LogP contribution is -2.03. The van der Waals surface area contributed by atoms with Crippen LogP contribution in [0.3, 0.4) is 0 Å². The summed E-state index contributed by atoms with van der Waals surface area (Å²) in [6.07, 6.45) is 4.34. The van der Waals surface area contributed by atoms with Crippen LogP contribution in [-0.2, 0) is 11.2 Å². The number of hydrogen-bond donors (Lipinski definition) is 1. The Bertz CT molecular complexity index is 304. The summed E-state index contributed by atoms with van der Waals surface area (Å²) in [4.78, 5) is 0. The van der Waals surface area contributed by atoms with E-state index in [4.69, 9.17) is 16.3 Å². The van der Waals surface area contributed by atoms with Gasteiger partial charge in [-0.15, -0.1) is 11.6 Å². The second kappa shape index (κ2) is 9.32. The van der Waals surface area contributed by atoms with Crippen LogP contribution >= 0.6 is 11.6 Å². The van der Waals surface area contributed by atoms with Gasteiger partial charge in [0.2, 0.25) is 0 Å². The van der Waals surface area contributed by atoms with Crippen LogP contribution in [0.4, 0.5) is 5.69 Å². The molecule has 0 unspecified atom stereocenters. The molecule has 0 spiro atoms. The van der Waals surface area contributed by atoms with Gasteiger partial charge >= 0.3 is 0 Å². The van der Waals surface area contributed by atoms with Gasteiger partial charge in [-0.25, -0.2) is 0 Å². The zero-order valence-electron chi connectivity index (χ0n) is 10.5. The molecule has 0 saturated carbocycles. The van der Waals surface area contributed by atoms with Crippen LogP contribution in [-0.4, -0.2) is 26.1 Å². The van der Waals surface area contributed by atoms with Crippen LogP contribution in [0.5, 0.6) is 0 Å². The minimum absolute atomic E-state index is 0.731. The maximum atomic E-state index is 5.70. The first-order valence-electron chi connectivity index (χ1n) is 6.24. The summed E-state index contributed by atoms with van der Waals surface area (Å²) >= 11 is 5.70. The molecule has 96 valence electrons. The van der Waals surface area contributed by atoms with Gasteiger partial charge in [0.05, 0.1) is 0 Å². The Kier molecular flexibility index (Phi) is 7.85. The van der Waals surface area contributed by atoms with E-state index in [1.165, 1.54) is 11.3 Å². The highest BCUT2D eigenvalue weighted by atomic mass is 35.5. The molecule has 0 aromatic heterocycles. The quantitative estimate of drug-likeness (QED) is 0.537. The maximum absolute atomic E-state index is 5.70. The number of halogens is 1. The Morgan fingerprint density at radius 3 is 2.88 bits per heavy atom. The summed E-state index contributed by atoms with van der Waals surface area (Å²) in [5.41, 5.74) is 2.56. The highest BCUT2D eigenvalue weighted by Gasteiger charge is 1.96.